The van der Waals surface area contributed by atoms with Gasteiger partial charge in [-0.05, 0) is 67.5 Å². The van der Waals surface area contributed by atoms with Gasteiger partial charge in [0, 0.05) is 24.5 Å². The van der Waals surface area contributed by atoms with E-state index in [0.29, 0.717) is 17.9 Å². The largest absolute Gasteiger partial charge is 0.495 e. The van der Waals surface area contributed by atoms with Crippen molar-refractivity contribution >= 4 is 17.7 Å². The summed E-state index contributed by atoms with van der Waals surface area (Å²) in [7, 11) is 3.51. The predicted octanol–water partition coefficient (Wildman–Crippen LogP) is 4.56. The number of imidazole rings is 1. The first kappa shape index (κ1) is 22.3. The summed E-state index contributed by atoms with van der Waals surface area (Å²) >= 11 is 0. The lowest BCUT2D eigenvalue weighted by Gasteiger charge is -2.23. The van der Waals surface area contributed by atoms with E-state index < -0.39 is 6.04 Å². The molecule has 0 N–H and O–H groups in total. The van der Waals surface area contributed by atoms with Crippen LogP contribution in [-0.2, 0) is 17.6 Å². The van der Waals surface area contributed by atoms with Crippen LogP contribution in [0.3, 0.4) is 0 Å². The third-order valence-corrected chi connectivity index (χ3v) is 7.23. The lowest BCUT2D eigenvalue weighted by molar-refractivity contribution is -0.121. The Morgan fingerprint density at radius 3 is 2.75 bits per heavy atom. The maximum Gasteiger partial charge on any atom is 0.251 e. The number of anilines is 1. The maximum atomic E-state index is 13.5. The van der Waals surface area contributed by atoms with Crippen LogP contribution < -0.4 is 9.64 Å². The lowest BCUT2D eigenvalue weighted by atomic mass is 9.90. The second-order valence-corrected chi connectivity index (χ2v) is 9.42. The highest BCUT2D eigenvalue weighted by Crippen LogP contribution is 2.37. The number of ether oxygens (including phenoxy) is 1. The highest BCUT2D eigenvalue weighted by molar-refractivity contribution is 5.98. The van der Waals surface area contributed by atoms with Crippen LogP contribution in [0.5, 0.6) is 5.75 Å². The Bertz CT molecular complexity index is 1500. The van der Waals surface area contributed by atoms with E-state index in [1.165, 1.54) is 16.7 Å². The molecule has 0 saturated heterocycles. The molecular formula is C28H28N6O2. The number of hydrogen-bond acceptors (Lipinski definition) is 5. The molecule has 0 fully saturated rings. The van der Waals surface area contributed by atoms with Crippen molar-refractivity contribution in [2.45, 2.75) is 38.6 Å². The molecule has 3 heterocycles. The molecule has 0 spiro atoms. The topological polar surface area (TPSA) is 78.1 Å². The smallest absolute Gasteiger partial charge is 0.251 e. The number of methoxy groups -OCH3 is 1. The number of amides is 1. The van der Waals surface area contributed by atoms with Gasteiger partial charge in [-0.1, -0.05) is 29.5 Å². The molecule has 1 amide bonds. The zero-order valence-electron chi connectivity index (χ0n) is 20.7. The number of rotatable bonds is 4. The molecule has 2 aromatic carbocycles. The Hall–Kier alpha value is -4.20. The van der Waals surface area contributed by atoms with Gasteiger partial charge in [-0.3, -0.25) is 4.79 Å². The van der Waals surface area contributed by atoms with Crippen LogP contribution >= 0.6 is 0 Å². The van der Waals surface area contributed by atoms with Crippen LogP contribution in [0.15, 0.2) is 55.1 Å². The SMILES string of the molecule is COc1cc(-c2cn(C3CCc4c(ccc5c4C=CCC5)N(C)C3=O)nn2)ccc1-n1cnc(C)c1. The van der Waals surface area contributed by atoms with Crippen molar-refractivity contribution in [2.75, 3.05) is 19.1 Å². The molecule has 8 nitrogen and oxygen atoms in total. The van der Waals surface area contributed by atoms with Crippen LogP contribution in [0.25, 0.3) is 23.0 Å². The third kappa shape index (κ3) is 3.69. The first-order chi connectivity index (χ1) is 17.5. The zero-order valence-corrected chi connectivity index (χ0v) is 20.7. The second-order valence-electron chi connectivity index (χ2n) is 9.42. The number of carbonyl (C=O) groups is 1. The van der Waals surface area contributed by atoms with Crippen molar-refractivity contribution < 1.29 is 9.53 Å². The van der Waals surface area contributed by atoms with Crippen molar-refractivity contribution in [2.24, 2.45) is 0 Å². The van der Waals surface area contributed by atoms with Gasteiger partial charge in [0.15, 0.2) is 0 Å². The first-order valence-electron chi connectivity index (χ1n) is 12.2. The molecule has 0 radical (unpaired) electrons. The van der Waals surface area contributed by atoms with E-state index in [-0.39, 0.29) is 5.91 Å². The quantitative estimate of drug-likeness (QED) is 0.428. The second kappa shape index (κ2) is 8.78. The Morgan fingerprint density at radius 1 is 1.08 bits per heavy atom. The van der Waals surface area contributed by atoms with Crippen molar-refractivity contribution in [1.29, 1.82) is 0 Å². The Labute approximate surface area is 209 Å². The van der Waals surface area contributed by atoms with E-state index >= 15 is 0 Å². The molecule has 1 aliphatic carbocycles. The summed E-state index contributed by atoms with van der Waals surface area (Å²) in [6, 6.07) is 9.74. The summed E-state index contributed by atoms with van der Waals surface area (Å²) < 4.78 is 9.29. The van der Waals surface area contributed by atoms with Crippen LogP contribution in [0.4, 0.5) is 5.69 Å². The molecule has 1 atom stereocenters. The van der Waals surface area contributed by atoms with Crippen LogP contribution in [0.2, 0.25) is 0 Å². The number of benzene rings is 2. The van der Waals surface area contributed by atoms with E-state index in [9.17, 15) is 4.79 Å². The van der Waals surface area contributed by atoms with Gasteiger partial charge in [-0.2, -0.15) is 0 Å². The fourth-order valence-electron chi connectivity index (χ4n) is 5.30. The molecule has 8 heteroatoms. The molecule has 4 aromatic rings. The number of fused-ring (bicyclic) bond motifs is 3. The van der Waals surface area contributed by atoms with E-state index in [1.807, 2.05) is 49.1 Å². The van der Waals surface area contributed by atoms with Crippen LogP contribution in [0, 0.1) is 6.92 Å². The van der Waals surface area contributed by atoms with Gasteiger partial charge in [0.1, 0.15) is 17.5 Å². The zero-order chi connectivity index (χ0) is 24.8. The van der Waals surface area contributed by atoms with E-state index in [0.717, 1.165) is 41.9 Å². The monoisotopic (exact) mass is 480 g/mol. The minimum Gasteiger partial charge on any atom is -0.495 e. The summed E-state index contributed by atoms with van der Waals surface area (Å²) in [5.41, 5.74) is 8.27. The standard InChI is InChI=1S/C28H28N6O2/c1-18-15-33(17-29-18)25-12-9-20(14-27(25)36-3)23-16-34(31-30-23)26-13-10-22-21-7-5-4-6-19(21)8-11-24(22)32(2)28(26)35/h5,7-9,11-12,14-17,26H,4,6,10,13H2,1-3H3. The Balaban J connectivity index is 1.30. The lowest BCUT2D eigenvalue weighted by Crippen LogP contribution is -2.33. The number of aryl methyl sites for hydroxylation is 2. The molecule has 0 saturated carbocycles. The van der Waals surface area contributed by atoms with Crippen molar-refractivity contribution in [3.63, 3.8) is 0 Å². The number of allylic oxidation sites excluding steroid dienone is 1. The highest BCUT2D eigenvalue weighted by atomic mass is 16.5. The Morgan fingerprint density at radius 2 is 1.94 bits per heavy atom. The van der Waals surface area contributed by atoms with Crippen molar-refractivity contribution in [3.8, 4) is 22.7 Å². The molecule has 1 aliphatic heterocycles. The summed E-state index contributed by atoms with van der Waals surface area (Å²) in [4.78, 5) is 19.6. The fourth-order valence-corrected chi connectivity index (χ4v) is 5.30. The fraction of sp³-hybridized carbons (Fsp3) is 0.286. The molecule has 1 unspecified atom stereocenters. The van der Waals surface area contributed by atoms with E-state index in [2.05, 4.69) is 39.6 Å². The number of hydrogen-bond donors (Lipinski definition) is 0. The summed E-state index contributed by atoms with van der Waals surface area (Å²) in [6.45, 7) is 1.95. The minimum absolute atomic E-state index is 0.0216. The van der Waals surface area contributed by atoms with Gasteiger partial charge in [0.05, 0.1) is 31.0 Å². The van der Waals surface area contributed by atoms with Gasteiger partial charge >= 0.3 is 0 Å². The normalized spacial score (nSPS) is 17.0. The van der Waals surface area contributed by atoms with Gasteiger partial charge in [-0.15, -0.1) is 5.10 Å². The number of aromatic nitrogens is 5. The molecule has 6 rings (SSSR count). The average molecular weight is 481 g/mol. The van der Waals surface area contributed by atoms with Crippen molar-refractivity contribution in [1.82, 2.24) is 24.5 Å². The van der Waals surface area contributed by atoms with Crippen molar-refractivity contribution in [3.05, 3.63) is 77.5 Å². The van der Waals surface area contributed by atoms with Crippen LogP contribution in [0.1, 0.15) is 41.3 Å². The molecule has 0 bridgehead atoms. The van der Waals surface area contributed by atoms with Gasteiger partial charge in [0.25, 0.3) is 5.91 Å². The number of carbonyl (C=O) groups excluding carboxylic acids is 1. The maximum absolute atomic E-state index is 13.5. The van der Waals surface area contributed by atoms with Crippen LogP contribution in [-0.4, -0.2) is 44.6 Å². The van der Waals surface area contributed by atoms with Gasteiger partial charge in [0.2, 0.25) is 0 Å². The van der Waals surface area contributed by atoms with E-state index in [4.69, 9.17) is 4.74 Å². The molecule has 36 heavy (non-hydrogen) atoms. The van der Waals surface area contributed by atoms with Gasteiger partial charge < -0.3 is 14.2 Å². The molecule has 2 aliphatic rings. The molecule has 182 valence electrons. The third-order valence-electron chi connectivity index (χ3n) is 7.23. The summed E-state index contributed by atoms with van der Waals surface area (Å²) in [5, 5.41) is 8.79. The van der Waals surface area contributed by atoms with E-state index in [1.54, 1.807) is 23.0 Å². The minimum atomic E-state index is -0.415. The molecular weight excluding hydrogens is 452 g/mol. The summed E-state index contributed by atoms with van der Waals surface area (Å²) in [5.74, 6) is 0.728. The average Bonchev–Trinajstić information content (AvgIpc) is 3.54. The number of nitrogens with zero attached hydrogens (tertiary/aromatic N) is 6. The Kier molecular flexibility index (Phi) is 5.44. The number of likely N-dealkylation sites (N-methyl/N-ethyl adjacent to an activating group) is 1. The first-order valence-corrected chi connectivity index (χ1v) is 12.2. The predicted molar refractivity (Wildman–Crippen MR) is 138 cm³/mol. The summed E-state index contributed by atoms with van der Waals surface area (Å²) in [6.07, 6.45) is 13.6. The highest BCUT2D eigenvalue weighted by Gasteiger charge is 2.32. The van der Waals surface area contributed by atoms with Gasteiger partial charge in [-0.25, -0.2) is 9.67 Å². The molecule has 2 aromatic heterocycles.